The molecule has 0 aliphatic carbocycles. The van der Waals surface area contributed by atoms with Gasteiger partial charge in [0.15, 0.2) is 5.82 Å². The van der Waals surface area contributed by atoms with Gasteiger partial charge < -0.3 is 0 Å². The topological polar surface area (TPSA) is 25.8 Å². The van der Waals surface area contributed by atoms with Gasteiger partial charge in [-0.05, 0) is 48.4 Å². The zero-order chi connectivity index (χ0) is 21.2. The van der Waals surface area contributed by atoms with Gasteiger partial charge in [0.05, 0.1) is 11.4 Å². The molecule has 1 aliphatic rings. The van der Waals surface area contributed by atoms with E-state index < -0.39 is 0 Å². The lowest BCUT2D eigenvalue weighted by Crippen LogP contribution is -2.18. The number of fused-ring (bicyclic) bond motifs is 1. The molecule has 154 valence electrons. The highest BCUT2D eigenvalue weighted by Crippen LogP contribution is 2.39. The van der Waals surface area contributed by atoms with Gasteiger partial charge in [-0.15, -0.1) is 0 Å². The summed E-state index contributed by atoms with van der Waals surface area (Å²) < 4.78 is 26.9. The van der Waals surface area contributed by atoms with Gasteiger partial charge in [-0.25, -0.2) is 18.7 Å². The second kappa shape index (κ2) is 8.60. The standard InChI is InChI=1S/C26H20F2N2S/c27-21-10-6-17(7-11-21)14-20-15-31-16-23-24(18-8-12-22(28)13-9-18)29-26(30-25(20)23)19-4-2-1-3-5-19/h1-13,20H,14-16H2. The number of aromatic nitrogens is 2. The first-order valence-corrected chi connectivity index (χ1v) is 11.4. The molecular weight excluding hydrogens is 410 g/mol. The largest absolute Gasteiger partial charge is 0.232 e. The van der Waals surface area contributed by atoms with Gasteiger partial charge in [0.2, 0.25) is 0 Å². The Kier molecular flexibility index (Phi) is 5.51. The SMILES string of the molecule is Fc1ccc(CC2CSCc3c(-c4ccc(F)cc4)nc(-c4ccccc4)nc32)cc1. The fourth-order valence-electron chi connectivity index (χ4n) is 3.99. The summed E-state index contributed by atoms with van der Waals surface area (Å²) in [6.07, 6.45) is 0.786. The maximum atomic E-state index is 13.6. The quantitative estimate of drug-likeness (QED) is 0.362. The zero-order valence-corrected chi connectivity index (χ0v) is 17.6. The molecule has 0 spiro atoms. The molecule has 0 radical (unpaired) electrons. The van der Waals surface area contributed by atoms with Gasteiger partial charge in [-0.1, -0.05) is 42.5 Å². The predicted molar refractivity (Wildman–Crippen MR) is 122 cm³/mol. The molecule has 3 aromatic carbocycles. The van der Waals surface area contributed by atoms with Crippen molar-refractivity contribution in [3.05, 3.63) is 107 Å². The molecule has 1 aliphatic heterocycles. The van der Waals surface area contributed by atoms with Crippen molar-refractivity contribution in [1.82, 2.24) is 9.97 Å². The first-order valence-electron chi connectivity index (χ1n) is 10.2. The number of hydrogen-bond acceptors (Lipinski definition) is 3. The third-order valence-electron chi connectivity index (χ3n) is 5.54. The molecule has 0 amide bonds. The highest BCUT2D eigenvalue weighted by Gasteiger charge is 2.27. The van der Waals surface area contributed by atoms with Crippen molar-refractivity contribution < 1.29 is 8.78 Å². The average Bonchev–Trinajstić information content (AvgIpc) is 2.81. The van der Waals surface area contributed by atoms with E-state index in [1.807, 2.05) is 54.2 Å². The number of nitrogens with zero attached hydrogens (tertiary/aromatic N) is 2. The Morgan fingerprint density at radius 1 is 0.774 bits per heavy atom. The van der Waals surface area contributed by atoms with Crippen LogP contribution in [0.3, 0.4) is 0 Å². The van der Waals surface area contributed by atoms with Crippen LogP contribution in [0.4, 0.5) is 8.78 Å². The van der Waals surface area contributed by atoms with Crippen LogP contribution in [0.5, 0.6) is 0 Å². The number of rotatable bonds is 4. The van der Waals surface area contributed by atoms with Gasteiger partial charge in [0, 0.05) is 34.1 Å². The molecule has 0 bridgehead atoms. The van der Waals surface area contributed by atoms with E-state index in [1.165, 1.54) is 24.3 Å². The first-order chi connectivity index (χ1) is 15.2. The van der Waals surface area contributed by atoms with Crippen LogP contribution in [0.15, 0.2) is 78.9 Å². The van der Waals surface area contributed by atoms with Crippen molar-refractivity contribution in [2.45, 2.75) is 18.1 Å². The second-order valence-corrected chi connectivity index (χ2v) is 8.71. The lowest BCUT2D eigenvalue weighted by molar-refractivity contribution is 0.625. The number of benzene rings is 3. The van der Waals surface area contributed by atoms with Gasteiger partial charge >= 0.3 is 0 Å². The van der Waals surface area contributed by atoms with Crippen LogP contribution in [0.25, 0.3) is 22.6 Å². The molecule has 0 fully saturated rings. The van der Waals surface area contributed by atoms with Crippen LogP contribution in [0.1, 0.15) is 22.7 Å². The smallest absolute Gasteiger partial charge is 0.160 e. The zero-order valence-electron chi connectivity index (χ0n) is 16.8. The van der Waals surface area contributed by atoms with E-state index in [9.17, 15) is 8.78 Å². The Morgan fingerprint density at radius 2 is 1.45 bits per heavy atom. The molecule has 0 N–H and O–H groups in total. The molecule has 2 heterocycles. The van der Waals surface area contributed by atoms with E-state index in [0.29, 0.717) is 5.82 Å². The van der Waals surface area contributed by atoms with Crippen molar-refractivity contribution in [1.29, 1.82) is 0 Å². The van der Waals surface area contributed by atoms with Crippen molar-refractivity contribution in [2.24, 2.45) is 0 Å². The highest BCUT2D eigenvalue weighted by molar-refractivity contribution is 7.98. The molecule has 1 atom stereocenters. The Bertz CT molecular complexity index is 1190. The maximum Gasteiger partial charge on any atom is 0.160 e. The Morgan fingerprint density at radius 3 is 2.16 bits per heavy atom. The van der Waals surface area contributed by atoms with Crippen molar-refractivity contribution in [2.75, 3.05) is 5.75 Å². The van der Waals surface area contributed by atoms with Gasteiger partial charge in [-0.2, -0.15) is 11.8 Å². The van der Waals surface area contributed by atoms with Crippen LogP contribution in [0, 0.1) is 11.6 Å². The molecule has 0 saturated heterocycles. The molecule has 5 heteroatoms. The summed E-state index contributed by atoms with van der Waals surface area (Å²) in [6.45, 7) is 0. The van der Waals surface area contributed by atoms with Crippen molar-refractivity contribution in [3.63, 3.8) is 0 Å². The fourth-order valence-corrected chi connectivity index (χ4v) is 5.15. The number of halogens is 2. The summed E-state index contributed by atoms with van der Waals surface area (Å²) in [7, 11) is 0. The van der Waals surface area contributed by atoms with E-state index >= 15 is 0 Å². The molecule has 1 unspecified atom stereocenters. The minimum absolute atomic E-state index is 0.198. The van der Waals surface area contributed by atoms with Crippen LogP contribution in [-0.4, -0.2) is 15.7 Å². The Hall–Kier alpha value is -3.05. The van der Waals surface area contributed by atoms with Crippen molar-refractivity contribution >= 4 is 11.8 Å². The van der Waals surface area contributed by atoms with Crippen LogP contribution in [0.2, 0.25) is 0 Å². The normalized spacial score (nSPS) is 15.5. The fraction of sp³-hybridized carbons (Fsp3) is 0.154. The van der Waals surface area contributed by atoms with Crippen LogP contribution < -0.4 is 0 Å². The van der Waals surface area contributed by atoms with Gasteiger partial charge in [0.1, 0.15) is 11.6 Å². The van der Waals surface area contributed by atoms with Gasteiger partial charge in [-0.3, -0.25) is 0 Å². The Labute approximate surface area is 184 Å². The molecule has 2 nitrogen and oxygen atoms in total. The minimum atomic E-state index is -0.265. The third-order valence-corrected chi connectivity index (χ3v) is 6.67. The number of hydrogen-bond donors (Lipinski definition) is 0. The summed E-state index contributed by atoms with van der Waals surface area (Å²) in [6, 6.07) is 23.1. The predicted octanol–water partition coefficient (Wildman–Crippen LogP) is 6.66. The summed E-state index contributed by atoms with van der Waals surface area (Å²) in [4.78, 5) is 9.92. The Balaban J connectivity index is 1.64. The summed E-state index contributed by atoms with van der Waals surface area (Å²) >= 11 is 1.85. The summed E-state index contributed by atoms with van der Waals surface area (Å²) in [5.74, 6) is 2.14. The molecule has 31 heavy (non-hydrogen) atoms. The minimum Gasteiger partial charge on any atom is -0.232 e. The molecule has 1 aromatic heterocycles. The van der Waals surface area contributed by atoms with E-state index in [1.54, 1.807) is 12.1 Å². The van der Waals surface area contributed by atoms with E-state index in [-0.39, 0.29) is 17.6 Å². The van der Waals surface area contributed by atoms with E-state index in [0.717, 1.165) is 51.6 Å². The maximum absolute atomic E-state index is 13.6. The summed E-state index contributed by atoms with van der Waals surface area (Å²) in [5.41, 5.74) is 5.93. The summed E-state index contributed by atoms with van der Waals surface area (Å²) in [5, 5.41) is 0. The molecule has 5 rings (SSSR count). The lowest BCUT2D eigenvalue weighted by atomic mass is 9.92. The van der Waals surface area contributed by atoms with Crippen LogP contribution in [-0.2, 0) is 12.2 Å². The molecular formula is C26H20F2N2S. The molecule has 0 saturated carbocycles. The molecule has 4 aromatic rings. The lowest BCUT2D eigenvalue weighted by Gasteiger charge is -2.26. The monoisotopic (exact) mass is 430 g/mol. The van der Waals surface area contributed by atoms with E-state index in [4.69, 9.17) is 9.97 Å². The number of thioether (sulfide) groups is 1. The third kappa shape index (κ3) is 4.23. The first kappa shape index (κ1) is 19.9. The average molecular weight is 431 g/mol. The highest BCUT2D eigenvalue weighted by atomic mass is 32.2. The van der Waals surface area contributed by atoms with Crippen LogP contribution >= 0.6 is 11.8 Å². The second-order valence-electron chi connectivity index (χ2n) is 7.68. The van der Waals surface area contributed by atoms with Crippen molar-refractivity contribution in [3.8, 4) is 22.6 Å². The van der Waals surface area contributed by atoms with E-state index in [2.05, 4.69) is 0 Å². The van der Waals surface area contributed by atoms with Gasteiger partial charge in [0.25, 0.3) is 0 Å².